The quantitative estimate of drug-likeness (QED) is 0.553. The Kier molecular flexibility index (Phi) is 3.75. The van der Waals surface area contributed by atoms with Crippen LogP contribution in [0.2, 0.25) is 0 Å². The van der Waals surface area contributed by atoms with Gasteiger partial charge < -0.3 is 15.4 Å². The minimum Gasteiger partial charge on any atom is -0.477 e. The number of aromatic amines is 1. The third kappa shape index (κ3) is 2.98. The van der Waals surface area contributed by atoms with Gasteiger partial charge in [0.1, 0.15) is 0 Å². The van der Waals surface area contributed by atoms with E-state index in [0.29, 0.717) is 5.69 Å². The number of pyridine rings is 1. The molecule has 0 aromatic carbocycles. The molecule has 0 unspecified atom stereocenters. The van der Waals surface area contributed by atoms with Crippen molar-refractivity contribution in [2.45, 2.75) is 6.54 Å². The average molecular weight is 296 g/mol. The molecule has 0 fully saturated rings. The van der Waals surface area contributed by atoms with Crippen molar-refractivity contribution in [1.29, 1.82) is 0 Å². The first-order valence-electron chi connectivity index (χ1n) is 5.26. The zero-order chi connectivity index (χ0) is 14.7. The van der Waals surface area contributed by atoms with Gasteiger partial charge in [0, 0.05) is 17.1 Å². The molecule has 0 aliphatic heterocycles. The van der Waals surface area contributed by atoms with Gasteiger partial charge in [-0.25, -0.2) is 9.78 Å². The average Bonchev–Trinajstić information content (AvgIpc) is 2.81. The number of H-pyrrole nitrogens is 1. The summed E-state index contributed by atoms with van der Waals surface area (Å²) < 4.78 is 0. The number of aromatic nitrogens is 2. The van der Waals surface area contributed by atoms with E-state index in [-0.39, 0.29) is 28.6 Å². The van der Waals surface area contributed by atoms with E-state index >= 15 is 0 Å². The van der Waals surface area contributed by atoms with Crippen molar-refractivity contribution >= 4 is 28.8 Å². The van der Waals surface area contributed by atoms with Gasteiger partial charge in [0.2, 0.25) is 5.82 Å². The van der Waals surface area contributed by atoms with Crippen molar-refractivity contribution in [1.82, 2.24) is 9.97 Å². The number of carbonyl (C=O) groups is 1. The van der Waals surface area contributed by atoms with Crippen LogP contribution in [-0.4, -0.2) is 26.0 Å². The Morgan fingerprint density at radius 3 is 2.85 bits per heavy atom. The van der Waals surface area contributed by atoms with Crippen molar-refractivity contribution < 1.29 is 14.8 Å². The molecule has 10 heteroatoms. The number of nitrogens with zero attached hydrogens (tertiary/aromatic N) is 2. The predicted octanol–water partition coefficient (Wildman–Crippen LogP) is 1.05. The number of hydrogen-bond donors (Lipinski definition) is 3. The third-order valence-corrected chi connectivity index (χ3v) is 3.03. The van der Waals surface area contributed by atoms with Gasteiger partial charge >= 0.3 is 16.5 Å². The van der Waals surface area contributed by atoms with Crippen LogP contribution in [0.5, 0.6) is 0 Å². The summed E-state index contributed by atoms with van der Waals surface area (Å²) in [5, 5.41) is 23.9. The van der Waals surface area contributed by atoms with Crippen LogP contribution in [-0.2, 0) is 6.54 Å². The highest BCUT2D eigenvalue weighted by Crippen LogP contribution is 2.22. The fourth-order valence-corrected chi connectivity index (χ4v) is 2.01. The lowest BCUT2D eigenvalue weighted by molar-refractivity contribution is -0.384. The summed E-state index contributed by atoms with van der Waals surface area (Å²) in [4.78, 5) is 37.9. The number of thiazole rings is 1. The number of nitro groups is 1. The molecular weight excluding hydrogens is 288 g/mol. The van der Waals surface area contributed by atoms with Crippen LogP contribution in [0.15, 0.2) is 22.3 Å². The first-order valence-corrected chi connectivity index (χ1v) is 6.14. The molecule has 0 aliphatic rings. The highest BCUT2D eigenvalue weighted by molar-refractivity contribution is 7.07. The molecule has 9 nitrogen and oxygen atoms in total. The van der Waals surface area contributed by atoms with Crippen LogP contribution >= 0.6 is 11.3 Å². The fraction of sp³-hybridized carbons (Fsp3) is 0.100. The van der Waals surface area contributed by atoms with Crippen LogP contribution in [0.25, 0.3) is 0 Å². The van der Waals surface area contributed by atoms with E-state index in [1.54, 1.807) is 5.38 Å². The summed E-state index contributed by atoms with van der Waals surface area (Å²) in [5.41, 5.74) is -0.124. The fourth-order valence-electron chi connectivity index (χ4n) is 1.43. The maximum absolute atomic E-state index is 11.0. The number of anilines is 1. The van der Waals surface area contributed by atoms with E-state index in [2.05, 4.69) is 15.3 Å². The molecule has 0 bridgehead atoms. The van der Waals surface area contributed by atoms with Crippen LogP contribution < -0.4 is 10.2 Å². The predicted molar refractivity (Wildman–Crippen MR) is 70.1 cm³/mol. The molecule has 0 radical (unpaired) electrons. The van der Waals surface area contributed by atoms with Crippen LogP contribution in [0, 0.1) is 10.1 Å². The monoisotopic (exact) mass is 296 g/mol. The molecular formula is C10H8N4O5S. The minimum absolute atomic E-state index is 0.0929. The first-order chi connectivity index (χ1) is 9.47. The number of aromatic carboxylic acids is 1. The van der Waals surface area contributed by atoms with E-state index in [4.69, 9.17) is 5.11 Å². The van der Waals surface area contributed by atoms with Crippen LogP contribution in [0.1, 0.15) is 16.2 Å². The number of carboxylic acid groups (broad SMARTS) is 1. The molecule has 0 amide bonds. The van der Waals surface area contributed by atoms with Gasteiger partial charge in [-0.1, -0.05) is 11.3 Å². The van der Waals surface area contributed by atoms with Gasteiger partial charge in [0.15, 0.2) is 5.69 Å². The van der Waals surface area contributed by atoms with Crippen LogP contribution in [0.4, 0.5) is 11.5 Å². The third-order valence-electron chi connectivity index (χ3n) is 2.31. The molecule has 0 saturated heterocycles. The van der Waals surface area contributed by atoms with E-state index in [9.17, 15) is 19.7 Å². The molecule has 0 atom stereocenters. The molecule has 0 spiro atoms. The van der Waals surface area contributed by atoms with E-state index in [1.807, 2.05) is 0 Å². The zero-order valence-electron chi connectivity index (χ0n) is 9.82. The SMILES string of the molecule is O=C(O)c1ccc([N+](=O)[O-])c(NCc2csc(=O)[nH]2)n1. The van der Waals surface area contributed by atoms with Crippen LogP contribution in [0.3, 0.4) is 0 Å². The molecule has 2 aromatic rings. The number of nitrogens with one attached hydrogen (secondary N) is 2. The summed E-state index contributed by atoms with van der Waals surface area (Å²) >= 11 is 0.959. The van der Waals surface area contributed by atoms with Gasteiger partial charge in [-0.15, -0.1) is 0 Å². The van der Waals surface area contributed by atoms with Crippen molar-refractivity contribution in [3.63, 3.8) is 0 Å². The van der Waals surface area contributed by atoms with Gasteiger partial charge in [0.25, 0.3) is 0 Å². The molecule has 2 heterocycles. The number of rotatable bonds is 5. The Hall–Kier alpha value is -2.75. The highest BCUT2D eigenvalue weighted by Gasteiger charge is 2.18. The van der Waals surface area contributed by atoms with Crippen molar-refractivity contribution in [2.24, 2.45) is 0 Å². The smallest absolute Gasteiger partial charge is 0.354 e. The molecule has 2 aromatic heterocycles. The summed E-state index contributed by atoms with van der Waals surface area (Å²) in [5.74, 6) is -1.45. The standard InChI is InChI=1S/C10H8N4O5S/c15-9(16)6-1-2-7(14(18)19)8(13-6)11-3-5-4-20-10(17)12-5/h1-2,4H,3H2,(H,11,13)(H,12,17)(H,15,16). The Morgan fingerprint density at radius 1 is 1.55 bits per heavy atom. The summed E-state index contributed by atoms with van der Waals surface area (Å²) in [6, 6.07) is 2.12. The molecule has 20 heavy (non-hydrogen) atoms. The molecule has 0 saturated carbocycles. The maximum Gasteiger partial charge on any atom is 0.354 e. The van der Waals surface area contributed by atoms with E-state index < -0.39 is 10.9 Å². The second-order valence-corrected chi connectivity index (χ2v) is 4.50. The van der Waals surface area contributed by atoms with Crippen molar-refractivity contribution in [3.05, 3.63) is 48.7 Å². The Morgan fingerprint density at radius 2 is 2.30 bits per heavy atom. The lowest BCUT2D eigenvalue weighted by Gasteiger charge is -2.05. The molecule has 104 valence electrons. The lowest BCUT2D eigenvalue weighted by Crippen LogP contribution is -2.09. The van der Waals surface area contributed by atoms with E-state index in [1.165, 1.54) is 0 Å². The van der Waals surface area contributed by atoms with Gasteiger partial charge in [-0.05, 0) is 6.07 Å². The first kappa shape index (κ1) is 13.7. The minimum atomic E-state index is -1.29. The highest BCUT2D eigenvalue weighted by atomic mass is 32.1. The largest absolute Gasteiger partial charge is 0.477 e. The number of hydrogen-bond acceptors (Lipinski definition) is 7. The van der Waals surface area contributed by atoms with Gasteiger partial charge in [-0.2, -0.15) is 0 Å². The van der Waals surface area contributed by atoms with Gasteiger partial charge in [-0.3, -0.25) is 14.9 Å². The van der Waals surface area contributed by atoms with E-state index in [0.717, 1.165) is 23.5 Å². The topological polar surface area (TPSA) is 138 Å². The lowest BCUT2D eigenvalue weighted by atomic mass is 10.3. The normalized spacial score (nSPS) is 10.2. The van der Waals surface area contributed by atoms with Gasteiger partial charge in [0.05, 0.1) is 11.5 Å². The Labute approximate surface area is 115 Å². The molecule has 0 aliphatic carbocycles. The Balaban J connectivity index is 2.27. The Bertz CT molecular complexity index is 722. The van der Waals surface area contributed by atoms with Crippen molar-refractivity contribution in [2.75, 3.05) is 5.32 Å². The molecule has 3 N–H and O–H groups in total. The molecule has 2 rings (SSSR count). The summed E-state index contributed by atoms with van der Waals surface area (Å²) in [7, 11) is 0. The number of carboxylic acids is 1. The summed E-state index contributed by atoms with van der Waals surface area (Å²) in [6.45, 7) is 0.0929. The maximum atomic E-state index is 11.0. The second-order valence-electron chi connectivity index (χ2n) is 3.65. The van der Waals surface area contributed by atoms with Crippen molar-refractivity contribution in [3.8, 4) is 0 Å². The second kappa shape index (κ2) is 5.48. The zero-order valence-corrected chi connectivity index (χ0v) is 10.6. The summed E-state index contributed by atoms with van der Waals surface area (Å²) in [6.07, 6.45) is 0.